The Morgan fingerprint density at radius 2 is 1.53 bits per heavy atom. The maximum absolute atomic E-state index is 13.3. The molecule has 43 heavy (non-hydrogen) atoms. The number of carbonyl (C=O) groups excluding carboxylic acids is 1. The van der Waals surface area contributed by atoms with Gasteiger partial charge in [0.05, 0.1) is 11.7 Å². The standard InChI is InChI=1S/C37H46N2O4/c1-8-36(4,5)25-14-19-32(31(22-25)37(6,7)9-2)42-24(3)20-21-39-35(41)30-23-33(43-27-17-15-26(38)16-18-27)28-12-10-11-13-29(28)34(30)40/h10-19,22-24,40H,8-9,20-21,38H2,1-7H3,(H,39,41). The number of nitrogen functional groups attached to an aromatic ring is 1. The highest BCUT2D eigenvalue weighted by Gasteiger charge is 2.27. The molecule has 0 heterocycles. The average Bonchev–Trinajstić information content (AvgIpc) is 2.99. The van der Waals surface area contributed by atoms with Crippen molar-refractivity contribution in [3.63, 3.8) is 0 Å². The third-order valence-electron chi connectivity index (χ3n) is 8.75. The molecule has 0 radical (unpaired) electrons. The number of aromatic hydroxyl groups is 1. The van der Waals surface area contributed by atoms with Gasteiger partial charge in [0.25, 0.3) is 5.91 Å². The smallest absolute Gasteiger partial charge is 0.255 e. The molecular formula is C37H46N2O4. The summed E-state index contributed by atoms with van der Waals surface area (Å²) in [6, 6.07) is 22.5. The second kappa shape index (κ2) is 13.0. The van der Waals surface area contributed by atoms with E-state index in [2.05, 4.69) is 65.1 Å². The van der Waals surface area contributed by atoms with Gasteiger partial charge < -0.3 is 25.6 Å². The monoisotopic (exact) mass is 582 g/mol. The van der Waals surface area contributed by atoms with Gasteiger partial charge in [-0.05, 0) is 72.6 Å². The van der Waals surface area contributed by atoms with Crippen LogP contribution in [0.3, 0.4) is 0 Å². The molecule has 6 heteroatoms. The number of phenols is 1. The lowest BCUT2D eigenvalue weighted by molar-refractivity contribution is 0.0944. The number of benzene rings is 4. The van der Waals surface area contributed by atoms with Gasteiger partial charge in [-0.25, -0.2) is 0 Å². The SMILES string of the molecule is CCC(C)(C)c1ccc(OC(C)CCNC(=O)c2cc(Oc3ccc(N)cc3)c3ccccc3c2O)c(C(C)(C)CC)c1. The Hall–Kier alpha value is -4.19. The summed E-state index contributed by atoms with van der Waals surface area (Å²) in [5.41, 5.74) is 9.16. The van der Waals surface area contributed by atoms with Crippen LogP contribution in [0.25, 0.3) is 10.8 Å². The fourth-order valence-corrected chi connectivity index (χ4v) is 4.98. The van der Waals surface area contributed by atoms with Crippen LogP contribution in [0, 0.1) is 0 Å². The van der Waals surface area contributed by atoms with Gasteiger partial charge in [0.2, 0.25) is 0 Å². The van der Waals surface area contributed by atoms with E-state index in [0.717, 1.165) is 18.6 Å². The van der Waals surface area contributed by atoms with Crippen LogP contribution in [-0.2, 0) is 10.8 Å². The Balaban J connectivity index is 1.48. The van der Waals surface area contributed by atoms with Crippen molar-refractivity contribution in [3.8, 4) is 23.0 Å². The molecule has 4 aromatic rings. The topological polar surface area (TPSA) is 93.8 Å². The van der Waals surface area contributed by atoms with E-state index in [4.69, 9.17) is 15.2 Å². The van der Waals surface area contributed by atoms with Crippen LogP contribution in [0.1, 0.15) is 89.2 Å². The van der Waals surface area contributed by atoms with Crippen molar-refractivity contribution in [1.29, 1.82) is 0 Å². The number of hydrogen-bond acceptors (Lipinski definition) is 5. The molecule has 4 N–H and O–H groups in total. The number of fused-ring (bicyclic) bond motifs is 1. The Kier molecular flexibility index (Phi) is 9.59. The van der Waals surface area contributed by atoms with E-state index in [1.807, 2.05) is 25.1 Å². The normalized spacial score (nSPS) is 12.6. The number of carbonyl (C=O) groups is 1. The first kappa shape index (κ1) is 31.7. The quantitative estimate of drug-likeness (QED) is 0.145. The number of ether oxygens (including phenoxy) is 2. The second-order valence-corrected chi connectivity index (χ2v) is 12.6. The summed E-state index contributed by atoms with van der Waals surface area (Å²) < 4.78 is 12.6. The van der Waals surface area contributed by atoms with Gasteiger partial charge >= 0.3 is 0 Å². The number of amides is 1. The minimum Gasteiger partial charge on any atom is -0.506 e. The van der Waals surface area contributed by atoms with E-state index in [-0.39, 0.29) is 34.2 Å². The van der Waals surface area contributed by atoms with Gasteiger partial charge in [-0.2, -0.15) is 0 Å². The molecule has 1 atom stereocenters. The fraction of sp³-hybridized carbons (Fsp3) is 0.378. The lowest BCUT2D eigenvalue weighted by Gasteiger charge is -2.31. The Morgan fingerprint density at radius 1 is 0.884 bits per heavy atom. The van der Waals surface area contributed by atoms with E-state index in [9.17, 15) is 9.90 Å². The largest absolute Gasteiger partial charge is 0.506 e. The average molecular weight is 583 g/mol. The van der Waals surface area contributed by atoms with Crippen molar-refractivity contribution >= 4 is 22.4 Å². The first-order valence-corrected chi connectivity index (χ1v) is 15.2. The molecule has 1 unspecified atom stereocenters. The van der Waals surface area contributed by atoms with Crippen molar-refractivity contribution in [2.24, 2.45) is 0 Å². The van der Waals surface area contributed by atoms with Crippen molar-refractivity contribution in [2.45, 2.75) is 84.7 Å². The third kappa shape index (κ3) is 7.24. The van der Waals surface area contributed by atoms with Crippen molar-refractivity contribution < 1.29 is 19.4 Å². The maximum atomic E-state index is 13.3. The molecule has 0 fully saturated rings. The predicted octanol–water partition coefficient (Wildman–Crippen LogP) is 8.88. The summed E-state index contributed by atoms with van der Waals surface area (Å²) in [5, 5.41) is 15.2. The first-order valence-electron chi connectivity index (χ1n) is 15.2. The number of nitrogens with two attached hydrogens (primary N) is 1. The predicted molar refractivity (Wildman–Crippen MR) is 177 cm³/mol. The van der Waals surface area contributed by atoms with Crippen LogP contribution in [0.5, 0.6) is 23.0 Å². The highest BCUT2D eigenvalue weighted by atomic mass is 16.5. The highest BCUT2D eigenvalue weighted by Crippen LogP contribution is 2.40. The van der Waals surface area contributed by atoms with Gasteiger partial charge in [-0.1, -0.05) is 77.9 Å². The Bertz CT molecular complexity index is 1570. The minimum atomic E-state index is -0.378. The van der Waals surface area contributed by atoms with E-state index >= 15 is 0 Å². The van der Waals surface area contributed by atoms with E-state index in [0.29, 0.717) is 40.9 Å². The van der Waals surface area contributed by atoms with E-state index in [1.165, 1.54) is 11.1 Å². The molecule has 0 bridgehead atoms. The first-order chi connectivity index (χ1) is 20.4. The van der Waals surface area contributed by atoms with Crippen LogP contribution in [0.15, 0.2) is 72.8 Å². The van der Waals surface area contributed by atoms with Crippen LogP contribution < -0.4 is 20.5 Å². The molecule has 0 saturated carbocycles. The Morgan fingerprint density at radius 3 is 2.19 bits per heavy atom. The van der Waals surface area contributed by atoms with Crippen LogP contribution in [0.4, 0.5) is 5.69 Å². The number of anilines is 1. The van der Waals surface area contributed by atoms with E-state index < -0.39 is 0 Å². The third-order valence-corrected chi connectivity index (χ3v) is 8.75. The van der Waals surface area contributed by atoms with Crippen LogP contribution in [0.2, 0.25) is 0 Å². The van der Waals surface area contributed by atoms with E-state index in [1.54, 1.807) is 36.4 Å². The molecule has 0 aromatic heterocycles. The van der Waals surface area contributed by atoms with Crippen molar-refractivity contribution in [2.75, 3.05) is 12.3 Å². The number of rotatable bonds is 12. The lowest BCUT2D eigenvalue weighted by atomic mass is 9.76. The summed E-state index contributed by atoms with van der Waals surface area (Å²) >= 11 is 0. The summed E-state index contributed by atoms with van der Waals surface area (Å²) in [6.07, 6.45) is 2.51. The molecule has 4 aromatic carbocycles. The fourth-order valence-electron chi connectivity index (χ4n) is 4.98. The molecule has 0 saturated heterocycles. The summed E-state index contributed by atoms with van der Waals surface area (Å²) in [7, 11) is 0. The molecular weight excluding hydrogens is 536 g/mol. The highest BCUT2D eigenvalue weighted by molar-refractivity contribution is 6.05. The van der Waals surface area contributed by atoms with Crippen LogP contribution >= 0.6 is 0 Å². The van der Waals surface area contributed by atoms with Gasteiger partial charge in [0, 0.05) is 35.0 Å². The number of nitrogens with one attached hydrogen (secondary N) is 1. The molecule has 0 aliphatic rings. The maximum Gasteiger partial charge on any atom is 0.255 e. The molecule has 6 nitrogen and oxygen atoms in total. The van der Waals surface area contributed by atoms with Gasteiger partial charge in [0.1, 0.15) is 23.0 Å². The molecule has 228 valence electrons. The molecule has 4 rings (SSSR count). The van der Waals surface area contributed by atoms with Crippen molar-refractivity contribution in [1.82, 2.24) is 5.32 Å². The molecule has 0 aliphatic heterocycles. The lowest BCUT2D eigenvalue weighted by Crippen LogP contribution is -2.29. The van der Waals surface area contributed by atoms with Gasteiger partial charge in [-0.3, -0.25) is 4.79 Å². The summed E-state index contributed by atoms with van der Waals surface area (Å²) in [6.45, 7) is 15.9. The van der Waals surface area contributed by atoms with Gasteiger partial charge in [0.15, 0.2) is 0 Å². The number of phenolic OH excluding ortho intramolecular Hbond substituents is 1. The van der Waals surface area contributed by atoms with Crippen LogP contribution in [-0.4, -0.2) is 23.7 Å². The Labute approximate surface area is 256 Å². The zero-order valence-electron chi connectivity index (χ0n) is 26.6. The number of hydrogen-bond donors (Lipinski definition) is 3. The minimum absolute atomic E-state index is 0.0388. The van der Waals surface area contributed by atoms with Crippen molar-refractivity contribution in [3.05, 3.63) is 89.5 Å². The zero-order valence-corrected chi connectivity index (χ0v) is 26.6. The summed E-state index contributed by atoms with van der Waals surface area (Å²) in [5.74, 6) is 1.48. The molecule has 0 aliphatic carbocycles. The zero-order chi connectivity index (χ0) is 31.4. The summed E-state index contributed by atoms with van der Waals surface area (Å²) in [4.78, 5) is 13.3. The molecule has 1 amide bonds. The molecule has 0 spiro atoms. The second-order valence-electron chi connectivity index (χ2n) is 12.6. The van der Waals surface area contributed by atoms with Gasteiger partial charge in [-0.15, -0.1) is 0 Å².